The fraction of sp³-hybridized carbons (Fsp3) is 0.267. The van der Waals surface area contributed by atoms with Crippen LogP contribution in [-0.2, 0) is 9.53 Å². The van der Waals surface area contributed by atoms with Crippen LogP contribution in [0.2, 0.25) is 0 Å². The van der Waals surface area contributed by atoms with E-state index in [1.54, 1.807) is 25.1 Å². The molecule has 0 unspecified atom stereocenters. The molecule has 1 atom stereocenters. The number of amides is 1. The second kappa shape index (κ2) is 5.99. The zero-order chi connectivity index (χ0) is 16.4. The van der Waals surface area contributed by atoms with E-state index in [-0.39, 0.29) is 12.6 Å². The fourth-order valence-corrected chi connectivity index (χ4v) is 1.95. The Bertz CT molecular complexity index is 754. The summed E-state index contributed by atoms with van der Waals surface area (Å²) in [5.74, 6) is -0.120. The number of aromatic nitrogens is 1. The SMILES string of the molecule is Cc1cc(C(=O)O[C@@H](C)C(=O)Nc2ccc3c(c2)OCO3)on1. The molecule has 0 radical (unpaired) electrons. The molecule has 120 valence electrons. The van der Waals surface area contributed by atoms with Crippen molar-refractivity contribution >= 4 is 17.6 Å². The first-order valence-electron chi connectivity index (χ1n) is 6.88. The van der Waals surface area contributed by atoms with Gasteiger partial charge in [-0.3, -0.25) is 4.79 Å². The van der Waals surface area contributed by atoms with Gasteiger partial charge in [0, 0.05) is 17.8 Å². The molecule has 2 heterocycles. The summed E-state index contributed by atoms with van der Waals surface area (Å²) < 4.78 is 20.2. The highest BCUT2D eigenvalue weighted by Crippen LogP contribution is 2.34. The Balaban J connectivity index is 1.60. The minimum absolute atomic E-state index is 0.0507. The summed E-state index contributed by atoms with van der Waals surface area (Å²) in [7, 11) is 0. The van der Waals surface area contributed by atoms with Gasteiger partial charge in [0.2, 0.25) is 12.6 Å². The van der Waals surface area contributed by atoms with Crippen LogP contribution >= 0.6 is 0 Å². The van der Waals surface area contributed by atoms with Crippen LogP contribution in [0, 0.1) is 6.92 Å². The van der Waals surface area contributed by atoms with Crippen molar-refractivity contribution in [2.24, 2.45) is 0 Å². The maximum absolute atomic E-state index is 12.1. The first kappa shape index (κ1) is 14.9. The number of anilines is 1. The van der Waals surface area contributed by atoms with Gasteiger partial charge in [0.25, 0.3) is 5.91 Å². The van der Waals surface area contributed by atoms with Crippen molar-refractivity contribution < 1.29 is 28.3 Å². The minimum Gasteiger partial charge on any atom is -0.454 e. The van der Waals surface area contributed by atoms with Crippen molar-refractivity contribution in [2.45, 2.75) is 20.0 Å². The number of nitrogens with zero attached hydrogens (tertiary/aromatic N) is 1. The van der Waals surface area contributed by atoms with Gasteiger partial charge in [-0.15, -0.1) is 0 Å². The largest absolute Gasteiger partial charge is 0.454 e. The fourth-order valence-electron chi connectivity index (χ4n) is 1.95. The third-order valence-corrected chi connectivity index (χ3v) is 3.12. The van der Waals surface area contributed by atoms with Gasteiger partial charge >= 0.3 is 5.97 Å². The highest BCUT2D eigenvalue weighted by atomic mass is 16.7. The number of hydrogen-bond acceptors (Lipinski definition) is 7. The molecule has 0 saturated carbocycles. The normalized spacial score (nSPS) is 13.5. The van der Waals surface area contributed by atoms with Crippen LogP contribution in [0.25, 0.3) is 0 Å². The topological polar surface area (TPSA) is 99.9 Å². The molecule has 1 aromatic heterocycles. The molecule has 1 aliphatic heterocycles. The number of ether oxygens (including phenoxy) is 3. The van der Waals surface area contributed by atoms with Crippen molar-refractivity contribution in [2.75, 3.05) is 12.1 Å². The number of nitrogens with one attached hydrogen (secondary N) is 1. The number of carbonyl (C=O) groups excluding carboxylic acids is 2. The molecule has 8 nitrogen and oxygen atoms in total. The van der Waals surface area contributed by atoms with Gasteiger partial charge in [0.05, 0.1) is 5.69 Å². The first-order chi connectivity index (χ1) is 11.0. The van der Waals surface area contributed by atoms with E-state index < -0.39 is 18.0 Å². The van der Waals surface area contributed by atoms with E-state index in [2.05, 4.69) is 10.5 Å². The zero-order valence-electron chi connectivity index (χ0n) is 12.5. The third kappa shape index (κ3) is 3.25. The maximum atomic E-state index is 12.1. The number of aryl methyl sites for hydroxylation is 1. The summed E-state index contributed by atoms with van der Waals surface area (Å²) in [4.78, 5) is 23.9. The van der Waals surface area contributed by atoms with E-state index in [1.807, 2.05) is 0 Å². The van der Waals surface area contributed by atoms with Crippen LogP contribution in [0.15, 0.2) is 28.8 Å². The second-order valence-corrected chi connectivity index (χ2v) is 4.94. The van der Waals surface area contributed by atoms with Crippen molar-refractivity contribution in [3.05, 3.63) is 35.7 Å². The number of rotatable bonds is 4. The van der Waals surface area contributed by atoms with Crippen LogP contribution in [-0.4, -0.2) is 29.9 Å². The first-order valence-corrected chi connectivity index (χ1v) is 6.88. The standard InChI is InChI=1S/C15H14N2O6/c1-8-5-13(23-17-8)15(19)22-9(2)14(18)16-10-3-4-11-12(6-10)21-7-20-11/h3-6,9H,7H2,1-2H3,(H,16,18)/t9-/m0/s1. The minimum atomic E-state index is -1.00. The van der Waals surface area contributed by atoms with Crippen LogP contribution < -0.4 is 14.8 Å². The smallest absolute Gasteiger partial charge is 0.377 e. The average Bonchev–Trinajstić information content (AvgIpc) is 3.15. The summed E-state index contributed by atoms with van der Waals surface area (Å²) in [5, 5.41) is 6.22. The molecule has 8 heteroatoms. The molecular weight excluding hydrogens is 304 g/mol. The Morgan fingerprint density at radius 1 is 1.26 bits per heavy atom. The summed E-state index contributed by atoms with van der Waals surface area (Å²) in [5.41, 5.74) is 1.06. The van der Waals surface area contributed by atoms with Crippen molar-refractivity contribution in [3.8, 4) is 11.5 Å². The second-order valence-electron chi connectivity index (χ2n) is 4.94. The number of carbonyl (C=O) groups is 2. The molecule has 0 aliphatic carbocycles. The lowest BCUT2D eigenvalue weighted by molar-refractivity contribution is -0.123. The molecule has 1 amide bonds. The van der Waals surface area contributed by atoms with Crippen LogP contribution in [0.5, 0.6) is 11.5 Å². The molecule has 1 aliphatic rings. The predicted molar refractivity (Wildman–Crippen MR) is 77.3 cm³/mol. The molecular formula is C15H14N2O6. The van der Waals surface area contributed by atoms with E-state index in [1.165, 1.54) is 13.0 Å². The van der Waals surface area contributed by atoms with E-state index in [9.17, 15) is 9.59 Å². The molecule has 2 aromatic rings. The van der Waals surface area contributed by atoms with Crippen LogP contribution in [0.1, 0.15) is 23.2 Å². The van der Waals surface area contributed by atoms with E-state index in [0.29, 0.717) is 22.9 Å². The summed E-state index contributed by atoms with van der Waals surface area (Å²) >= 11 is 0. The quantitative estimate of drug-likeness (QED) is 0.859. The monoisotopic (exact) mass is 318 g/mol. The molecule has 0 bridgehead atoms. The van der Waals surface area contributed by atoms with Crippen molar-refractivity contribution in [1.82, 2.24) is 5.16 Å². The van der Waals surface area contributed by atoms with Crippen LogP contribution in [0.4, 0.5) is 5.69 Å². The van der Waals surface area contributed by atoms with Gasteiger partial charge < -0.3 is 24.1 Å². The van der Waals surface area contributed by atoms with Gasteiger partial charge in [-0.25, -0.2) is 4.79 Å². The molecule has 23 heavy (non-hydrogen) atoms. The number of esters is 1. The highest BCUT2D eigenvalue weighted by Gasteiger charge is 2.22. The number of fused-ring (bicyclic) bond motifs is 1. The Labute approximate surface area is 131 Å². The number of benzene rings is 1. The van der Waals surface area contributed by atoms with Gasteiger partial charge in [-0.1, -0.05) is 5.16 Å². The molecule has 1 aromatic carbocycles. The van der Waals surface area contributed by atoms with E-state index >= 15 is 0 Å². The summed E-state index contributed by atoms with van der Waals surface area (Å²) in [6, 6.07) is 6.42. The maximum Gasteiger partial charge on any atom is 0.377 e. The van der Waals surface area contributed by atoms with Gasteiger partial charge in [0.1, 0.15) is 0 Å². The summed E-state index contributed by atoms with van der Waals surface area (Å²) in [6.07, 6.45) is -1.00. The van der Waals surface area contributed by atoms with Gasteiger partial charge in [-0.2, -0.15) is 0 Å². The van der Waals surface area contributed by atoms with Gasteiger partial charge in [0.15, 0.2) is 17.6 Å². The Morgan fingerprint density at radius 2 is 2.04 bits per heavy atom. The Hall–Kier alpha value is -3.03. The molecule has 0 fully saturated rings. The van der Waals surface area contributed by atoms with E-state index in [0.717, 1.165) is 0 Å². The zero-order valence-corrected chi connectivity index (χ0v) is 12.5. The molecule has 0 spiro atoms. The Morgan fingerprint density at radius 3 is 2.78 bits per heavy atom. The van der Waals surface area contributed by atoms with Crippen LogP contribution in [0.3, 0.4) is 0 Å². The Kier molecular flexibility index (Phi) is 3.88. The lowest BCUT2D eigenvalue weighted by atomic mass is 10.2. The van der Waals surface area contributed by atoms with Crippen molar-refractivity contribution in [1.29, 1.82) is 0 Å². The number of hydrogen-bond donors (Lipinski definition) is 1. The predicted octanol–water partition coefficient (Wildman–Crippen LogP) is 1.90. The lowest BCUT2D eigenvalue weighted by Crippen LogP contribution is -2.29. The molecule has 1 N–H and O–H groups in total. The summed E-state index contributed by atoms with van der Waals surface area (Å²) in [6.45, 7) is 3.29. The van der Waals surface area contributed by atoms with Crippen molar-refractivity contribution in [3.63, 3.8) is 0 Å². The average molecular weight is 318 g/mol. The molecule has 0 saturated heterocycles. The van der Waals surface area contributed by atoms with Gasteiger partial charge in [-0.05, 0) is 26.0 Å². The third-order valence-electron chi connectivity index (χ3n) is 3.12. The lowest BCUT2D eigenvalue weighted by Gasteiger charge is -2.12. The highest BCUT2D eigenvalue weighted by molar-refractivity contribution is 5.96. The molecule has 3 rings (SSSR count). The van der Waals surface area contributed by atoms with E-state index in [4.69, 9.17) is 18.7 Å².